The Balaban J connectivity index is 2.89. The van der Waals surface area contributed by atoms with Gasteiger partial charge in [-0.15, -0.1) is 0 Å². The summed E-state index contributed by atoms with van der Waals surface area (Å²) in [6.45, 7) is 4.47. The number of hydrogen-bond acceptors (Lipinski definition) is 0. The van der Waals surface area contributed by atoms with Gasteiger partial charge in [0.1, 0.15) is 0 Å². The van der Waals surface area contributed by atoms with Crippen LogP contribution in [0.15, 0.2) is 30.3 Å². The van der Waals surface area contributed by atoms with E-state index in [0.717, 1.165) is 0 Å². The molecule has 0 nitrogen and oxygen atoms in total. The maximum absolute atomic E-state index is 6.76. The zero-order valence-electron chi connectivity index (χ0n) is 8.39. The second-order valence-corrected chi connectivity index (χ2v) is 18.9. The van der Waals surface area contributed by atoms with Crippen LogP contribution in [-0.2, 0) is 0 Å². The molecule has 2 heteroatoms. The minimum atomic E-state index is -2.39. The van der Waals surface area contributed by atoms with Crippen LogP contribution in [-0.4, -0.2) is 17.3 Å². The van der Waals surface area contributed by atoms with Crippen molar-refractivity contribution in [3.8, 4) is 0 Å². The zero-order chi connectivity index (χ0) is 9.73. The normalized spacial score (nSPS) is 15.3. The molecule has 1 unspecified atom stereocenters. The van der Waals surface area contributed by atoms with Gasteiger partial charge in [-0.1, -0.05) is 0 Å². The van der Waals surface area contributed by atoms with Crippen molar-refractivity contribution in [1.29, 1.82) is 0 Å². The van der Waals surface area contributed by atoms with Crippen molar-refractivity contribution in [3.05, 3.63) is 30.3 Å². The van der Waals surface area contributed by atoms with Crippen LogP contribution >= 0.6 is 8.92 Å². The predicted molar refractivity (Wildman–Crippen MR) is 63.3 cm³/mol. The van der Waals surface area contributed by atoms with Crippen LogP contribution in [0.2, 0.25) is 8.87 Å². The number of halogens is 1. The average Bonchev–Trinajstić information content (AvgIpc) is 2.19. The van der Waals surface area contributed by atoms with Crippen LogP contribution in [0.3, 0.4) is 0 Å². The Morgan fingerprint density at radius 1 is 1.15 bits per heavy atom. The Bertz CT molecular complexity index is 248. The summed E-state index contributed by atoms with van der Waals surface area (Å²) < 4.78 is 3.92. The molecule has 0 heterocycles. The molecule has 1 rings (SSSR count). The van der Waals surface area contributed by atoms with Gasteiger partial charge in [-0.3, -0.25) is 0 Å². The Morgan fingerprint density at radius 2 is 1.77 bits per heavy atom. The van der Waals surface area contributed by atoms with Gasteiger partial charge in [-0.2, -0.15) is 0 Å². The summed E-state index contributed by atoms with van der Waals surface area (Å²) in [5.41, 5.74) is 0. The summed E-state index contributed by atoms with van der Waals surface area (Å²) in [5, 5.41) is 0. The molecule has 0 radical (unpaired) electrons. The predicted octanol–water partition coefficient (Wildman–Crippen LogP) is 3.51. The molecular weight excluding hydrogens is 286 g/mol. The van der Waals surface area contributed by atoms with E-state index in [1.807, 2.05) is 0 Å². The topological polar surface area (TPSA) is 0 Å². The molecular formula is C11H17ClSn. The molecule has 0 bridgehead atoms. The number of hydrogen-bond donors (Lipinski definition) is 0. The Kier molecular flexibility index (Phi) is 4.60. The summed E-state index contributed by atoms with van der Waals surface area (Å²) in [7, 11) is 6.76. The van der Waals surface area contributed by atoms with Crippen molar-refractivity contribution in [1.82, 2.24) is 0 Å². The summed E-state index contributed by atoms with van der Waals surface area (Å²) >= 11 is -2.39. The molecule has 0 aliphatic carbocycles. The van der Waals surface area contributed by atoms with Crippen molar-refractivity contribution < 1.29 is 0 Å². The van der Waals surface area contributed by atoms with Gasteiger partial charge in [0.15, 0.2) is 0 Å². The van der Waals surface area contributed by atoms with Gasteiger partial charge >= 0.3 is 89.2 Å². The van der Waals surface area contributed by atoms with Crippen LogP contribution in [0.25, 0.3) is 0 Å². The second kappa shape index (κ2) is 5.25. The van der Waals surface area contributed by atoms with Gasteiger partial charge in [0.05, 0.1) is 0 Å². The van der Waals surface area contributed by atoms with Crippen LogP contribution in [0, 0.1) is 0 Å². The summed E-state index contributed by atoms with van der Waals surface area (Å²) in [4.78, 5) is 0. The third kappa shape index (κ3) is 2.88. The number of benzene rings is 1. The molecule has 1 aromatic carbocycles. The van der Waals surface area contributed by atoms with Crippen LogP contribution < -0.4 is 3.58 Å². The van der Waals surface area contributed by atoms with Crippen molar-refractivity contribution in [2.24, 2.45) is 0 Å². The maximum atomic E-state index is 6.76. The van der Waals surface area contributed by atoms with E-state index in [1.165, 1.54) is 18.9 Å². The van der Waals surface area contributed by atoms with E-state index < -0.39 is 17.3 Å². The first-order valence-electron chi connectivity index (χ1n) is 4.97. The van der Waals surface area contributed by atoms with Gasteiger partial charge in [0.2, 0.25) is 0 Å². The van der Waals surface area contributed by atoms with Gasteiger partial charge in [0, 0.05) is 0 Å². The molecule has 13 heavy (non-hydrogen) atoms. The molecule has 0 aliphatic heterocycles. The van der Waals surface area contributed by atoms with Gasteiger partial charge in [-0.25, -0.2) is 0 Å². The molecule has 0 N–H and O–H groups in total. The van der Waals surface area contributed by atoms with Crippen LogP contribution in [0.4, 0.5) is 0 Å². The van der Waals surface area contributed by atoms with E-state index in [2.05, 4.69) is 44.2 Å². The first-order chi connectivity index (χ1) is 6.23. The zero-order valence-corrected chi connectivity index (χ0v) is 12.0. The fourth-order valence-electron chi connectivity index (χ4n) is 1.66. The quantitative estimate of drug-likeness (QED) is 0.747. The molecule has 0 aliphatic rings. The fraction of sp³-hybridized carbons (Fsp3) is 0.455. The Hall–Kier alpha value is 0.309. The van der Waals surface area contributed by atoms with Crippen molar-refractivity contribution in [2.75, 3.05) is 0 Å². The monoisotopic (exact) mass is 304 g/mol. The SMILES string of the molecule is CC[CH2][Sn]([Cl])([CH2]C)[c]1ccccc1. The fourth-order valence-corrected chi connectivity index (χ4v) is 11.3. The van der Waals surface area contributed by atoms with Crippen molar-refractivity contribution in [2.45, 2.75) is 29.1 Å². The molecule has 0 aromatic heterocycles. The second-order valence-electron chi connectivity index (χ2n) is 3.43. The minimum absolute atomic E-state index is 1.20. The standard InChI is InChI=1S/C6H5.C3H7.C2H5.ClH.Sn/c1-2-4-6-5-3-1;1-3-2;1-2;;/h1-5H;1,3H2,2H3;1H2,2H3;1H;/q;;;;+1/p-1. The van der Waals surface area contributed by atoms with Crippen LogP contribution in [0.1, 0.15) is 20.3 Å². The van der Waals surface area contributed by atoms with E-state index >= 15 is 0 Å². The number of rotatable bonds is 4. The summed E-state index contributed by atoms with van der Waals surface area (Å²) in [6.07, 6.45) is 1.22. The molecule has 0 fully saturated rings. The summed E-state index contributed by atoms with van der Waals surface area (Å²) in [6, 6.07) is 10.7. The Morgan fingerprint density at radius 3 is 2.23 bits per heavy atom. The van der Waals surface area contributed by atoms with E-state index in [-0.39, 0.29) is 0 Å². The third-order valence-electron chi connectivity index (χ3n) is 2.50. The molecule has 0 saturated carbocycles. The molecule has 0 amide bonds. The molecule has 72 valence electrons. The first kappa shape index (κ1) is 11.4. The van der Waals surface area contributed by atoms with Gasteiger partial charge in [0.25, 0.3) is 0 Å². The van der Waals surface area contributed by atoms with E-state index in [0.29, 0.717) is 0 Å². The Labute approximate surface area is 88.9 Å². The molecule has 1 aromatic rings. The van der Waals surface area contributed by atoms with Crippen molar-refractivity contribution in [3.63, 3.8) is 0 Å². The molecule has 0 spiro atoms. The molecule has 1 atom stereocenters. The van der Waals surface area contributed by atoms with E-state index in [1.54, 1.807) is 0 Å². The van der Waals surface area contributed by atoms with Gasteiger partial charge in [-0.05, 0) is 0 Å². The van der Waals surface area contributed by atoms with E-state index in [9.17, 15) is 0 Å². The molecule has 0 saturated heterocycles. The third-order valence-corrected chi connectivity index (χ3v) is 17.8. The first-order valence-corrected chi connectivity index (χ1v) is 14.0. The van der Waals surface area contributed by atoms with E-state index in [4.69, 9.17) is 8.92 Å². The van der Waals surface area contributed by atoms with Gasteiger partial charge < -0.3 is 0 Å². The average molecular weight is 303 g/mol. The van der Waals surface area contributed by atoms with Crippen molar-refractivity contribution >= 4 is 29.8 Å². The van der Waals surface area contributed by atoms with Crippen LogP contribution in [0.5, 0.6) is 0 Å². The summed E-state index contributed by atoms with van der Waals surface area (Å²) in [5.74, 6) is 0.